The molecular formula is C14H16F3N3O2. The highest BCUT2D eigenvalue weighted by molar-refractivity contribution is 5.94. The Balaban J connectivity index is 1.59. The number of likely N-dealkylation sites (tertiary alicyclic amines) is 1. The van der Waals surface area contributed by atoms with E-state index in [9.17, 15) is 18.0 Å². The summed E-state index contributed by atoms with van der Waals surface area (Å²) in [4.78, 5) is 17.9. The average molecular weight is 315 g/mol. The highest BCUT2D eigenvalue weighted by Gasteiger charge is 2.38. The minimum absolute atomic E-state index is 0.135. The van der Waals surface area contributed by atoms with Crippen molar-refractivity contribution in [3.05, 3.63) is 23.9 Å². The molecule has 0 radical (unpaired) electrons. The van der Waals surface area contributed by atoms with E-state index in [1.54, 1.807) is 4.90 Å². The van der Waals surface area contributed by atoms with E-state index in [4.69, 9.17) is 0 Å². The average Bonchev–Trinajstić information content (AvgIpc) is 3.05. The van der Waals surface area contributed by atoms with Crippen LogP contribution in [-0.4, -0.2) is 54.8 Å². The molecule has 2 atom stereocenters. The van der Waals surface area contributed by atoms with Crippen LogP contribution >= 0.6 is 0 Å². The summed E-state index contributed by atoms with van der Waals surface area (Å²) >= 11 is 0. The number of fused-ring (bicyclic) bond motifs is 1. The van der Waals surface area contributed by atoms with Crippen LogP contribution in [0.15, 0.2) is 18.3 Å². The first-order valence-corrected chi connectivity index (χ1v) is 7.08. The first-order valence-electron chi connectivity index (χ1n) is 7.08. The van der Waals surface area contributed by atoms with Crippen molar-refractivity contribution in [3.63, 3.8) is 0 Å². The van der Waals surface area contributed by atoms with Gasteiger partial charge in [-0.15, -0.1) is 0 Å². The molecule has 2 fully saturated rings. The number of nitrogens with zero attached hydrogens (tertiary/aromatic N) is 2. The highest BCUT2D eigenvalue weighted by atomic mass is 19.4. The molecule has 2 saturated heterocycles. The van der Waals surface area contributed by atoms with Crippen LogP contribution in [0.2, 0.25) is 0 Å². The molecule has 0 unspecified atom stereocenters. The Kier molecular flexibility index (Phi) is 3.94. The van der Waals surface area contributed by atoms with Crippen LogP contribution in [0.3, 0.4) is 0 Å². The second-order valence-corrected chi connectivity index (χ2v) is 5.68. The molecule has 5 nitrogen and oxygen atoms in total. The summed E-state index contributed by atoms with van der Waals surface area (Å²) in [5.74, 6) is 0.707. The van der Waals surface area contributed by atoms with Crippen LogP contribution in [0.5, 0.6) is 5.88 Å². The molecule has 8 heteroatoms. The lowest BCUT2D eigenvalue weighted by atomic mass is 10.0. The van der Waals surface area contributed by atoms with Crippen LogP contribution < -0.4 is 10.1 Å². The van der Waals surface area contributed by atoms with Gasteiger partial charge in [0.05, 0.1) is 5.56 Å². The Morgan fingerprint density at radius 3 is 2.55 bits per heavy atom. The summed E-state index contributed by atoms with van der Waals surface area (Å²) in [5.41, 5.74) is 0.368. The van der Waals surface area contributed by atoms with Crippen molar-refractivity contribution in [1.82, 2.24) is 15.2 Å². The van der Waals surface area contributed by atoms with Gasteiger partial charge in [-0.1, -0.05) is 0 Å². The van der Waals surface area contributed by atoms with Crippen LogP contribution in [0.1, 0.15) is 10.4 Å². The van der Waals surface area contributed by atoms with Gasteiger partial charge >= 0.3 is 6.18 Å². The molecule has 0 spiro atoms. The Morgan fingerprint density at radius 2 is 2.00 bits per heavy atom. The van der Waals surface area contributed by atoms with E-state index >= 15 is 0 Å². The van der Waals surface area contributed by atoms with Crippen LogP contribution in [0, 0.1) is 11.8 Å². The molecule has 2 aliphatic rings. The Hall–Kier alpha value is -1.83. The molecular weight excluding hydrogens is 299 g/mol. The molecule has 0 saturated carbocycles. The van der Waals surface area contributed by atoms with Gasteiger partial charge in [-0.2, -0.15) is 13.2 Å². The molecule has 3 rings (SSSR count). The van der Waals surface area contributed by atoms with Gasteiger partial charge < -0.3 is 15.0 Å². The minimum atomic E-state index is -4.41. The molecule has 120 valence electrons. The monoisotopic (exact) mass is 315 g/mol. The number of carbonyl (C=O) groups is 1. The lowest BCUT2D eigenvalue weighted by Crippen LogP contribution is -2.31. The maximum absolute atomic E-state index is 12.4. The molecule has 0 aromatic carbocycles. The Bertz CT molecular complexity index is 535. The van der Waals surface area contributed by atoms with Crippen molar-refractivity contribution in [3.8, 4) is 5.88 Å². The third-order valence-corrected chi connectivity index (χ3v) is 4.04. The molecule has 1 amide bonds. The van der Waals surface area contributed by atoms with E-state index in [2.05, 4.69) is 15.0 Å². The molecule has 3 heterocycles. The van der Waals surface area contributed by atoms with Crippen molar-refractivity contribution >= 4 is 5.91 Å². The minimum Gasteiger partial charge on any atom is -0.468 e. The fourth-order valence-corrected chi connectivity index (χ4v) is 2.95. The number of pyridine rings is 1. The summed E-state index contributed by atoms with van der Waals surface area (Å²) in [5, 5.41) is 3.30. The predicted octanol–water partition coefficient (Wildman–Crippen LogP) is 1.31. The van der Waals surface area contributed by atoms with Crippen molar-refractivity contribution in [2.24, 2.45) is 11.8 Å². The number of alkyl halides is 3. The number of hydrogen-bond donors (Lipinski definition) is 1. The number of ether oxygens (including phenoxy) is 1. The maximum Gasteiger partial charge on any atom is 0.422 e. The molecule has 1 aromatic rings. The van der Waals surface area contributed by atoms with E-state index in [1.807, 2.05) is 0 Å². The third-order valence-electron chi connectivity index (χ3n) is 4.04. The summed E-state index contributed by atoms with van der Waals surface area (Å²) in [6.07, 6.45) is -3.14. The number of nitrogens with one attached hydrogen (secondary N) is 1. The number of carbonyl (C=O) groups excluding carboxylic acids is 1. The molecule has 22 heavy (non-hydrogen) atoms. The molecule has 0 aliphatic carbocycles. The number of halogens is 3. The number of rotatable bonds is 3. The number of aromatic nitrogens is 1. The fraction of sp³-hybridized carbons (Fsp3) is 0.571. The fourth-order valence-electron chi connectivity index (χ4n) is 2.95. The van der Waals surface area contributed by atoms with E-state index in [-0.39, 0.29) is 11.8 Å². The van der Waals surface area contributed by atoms with Crippen molar-refractivity contribution in [1.29, 1.82) is 0 Å². The smallest absolute Gasteiger partial charge is 0.422 e. The summed E-state index contributed by atoms with van der Waals surface area (Å²) in [6, 6.07) is 2.74. The SMILES string of the molecule is O=C(c1ccc(OCC(F)(F)F)nc1)N1C[C@H]2CNC[C@H]2C1. The first-order chi connectivity index (χ1) is 10.4. The van der Waals surface area contributed by atoms with Crippen molar-refractivity contribution in [2.75, 3.05) is 32.8 Å². The van der Waals surface area contributed by atoms with Gasteiger partial charge in [0.1, 0.15) is 0 Å². The lowest BCUT2D eigenvalue weighted by molar-refractivity contribution is -0.154. The van der Waals surface area contributed by atoms with E-state index in [1.165, 1.54) is 18.3 Å². The van der Waals surface area contributed by atoms with E-state index < -0.39 is 12.8 Å². The summed E-state index contributed by atoms with van der Waals surface area (Å²) in [6.45, 7) is 1.88. The topological polar surface area (TPSA) is 54.5 Å². The van der Waals surface area contributed by atoms with Crippen molar-refractivity contribution in [2.45, 2.75) is 6.18 Å². The summed E-state index contributed by atoms with van der Waals surface area (Å²) in [7, 11) is 0. The van der Waals surface area contributed by atoms with E-state index in [0.717, 1.165) is 13.1 Å². The van der Waals surface area contributed by atoms with Gasteiger partial charge in [0.25, 0.3) is 5.91 Å². The van der Waals surface area contributed by atoms with E-state index in [0.29, 0.717) is 30.5 Å². The van der Waals surface area contributed by atoms with Gasteiger partial charge in [-0.3, -0.25) is 4.79 Å². The maximum atomic E-state index is 12.4. The number of hydrogen-bond acceptors (Lipinski definition) is 4. The lowest BCUT2D eigenvalue weighted by Gasteiger charge is -2.17. The van der Waals surface area contributed by atoms with Crippen molar-refractivity contribution < 1.29 is 22.7 Å². The quantitative estimate of drug-likeness (QED) is 0.914. The van der Waals surface area contributed by atoms with Crippen LogP contribution in [0.4, 0.5) is 13.2 Å². The largest absolute Gasteiger partial charge is 0.468 e. The van der Waals surface area contributed by atoms with Gasteiger partial charge in [-0.25, -0.2) is 4.98 Å². The Labute approximate surface area is 125 Å². The third kappa shape index (κ3) is 3.32. The Morgan fingerprint density at radius 1 is 1.32 bits per heavy atom. The van der Waals surface area contributed by atoms with Crippen LogP contribution in [0.25, 0.3) is 0 Å². The molecule has 1 aromatic heterocycles. The summed E-state index contributed by atoms with van der Waals surface area (Å²) < 4.78 is 40.7. The van der Waals surface area contributed by atoms with Gasteiger partial charge in [0.15, 0.2) is 6.61 Å². The number of amides is 1. The molecule has 1 N–H and O–H groups in total. The predicted molar refractivity (Wildman–Crippen MR) is 71.5 cm³/mol. The van der Waals surface area contributed by atoms with Gasteiger partial charge in [-0.05, 0) is 17.9 Å². The highest BCUT2D eigenvalue weighted by Crippen LogP contribution is 2.27. The van der Waals surface area contributed by atoms with Gasteiger partial charge in [0.2, 0.25) is 5.88 Å². The zero-order valence-electron chi connectivity index (χ0n) is 11.8. The first kappa shape index (κ1) is 15.1. The van der Waals surface area contributed by atoms with Gasteiger partial charge in [0, 0.05) is 38.4 Å². The normalized spacial score (nSPS) is 24.4. The molecule has 2 aliphatic heterocycles. The van der Waals surface area contributed by atoms with Crippen LogP contribution in [-0.2, 0) is 0 Å². The molecule has 0 bridgehead atoms. The second kappa shape index (κ2) is 5.75. The standard InChI is InChI=1S/C14H16F3N3O2/c15-14(16,17)8-22-12-2-1-9(5-19-12)13(21)20-6-10-3-18-4-11(10)7-20/h1-2,5,10-11,18H,3-4,6-8H2/t10-,11+. The second-order valence-electron chi connectivity index (χ2n) is 5.68. The zero-order chi connectivity index (χ0) is 15.7. The zero-order valence-corrected chi connectivity index (χ0v) is 11.8.